The van der Waals surface area contributed by atoms with Gasteiger partial charge in [0.15, 0.2) is 0 Å². The first-order chi connectivity index (χ1) is 27.4. The van der Waals surface area contributed by atoms with Gasteiger partial charge in [-0.25, -0.2) is 13.8 Å². The third kappa shape index (κ3) is 5.75. The molecule has 4 aromatic heterocycles. The Hall–Kier alpha value is -6.18. The van der Waals surface area contributed by atoms with Crippen molar-refractivity contribution in [3.63, 3.8) is 0 Å². The highest BCUT2D eigenvalue weighted by molar-refractivity contribution is 5.91. The van der Waals surface area contributed by atoms with Crippen LogP contribution in [0, 0.1) is 17.6 Å². The van der Waals surface area contributed by atoms with E-state index in [9.17, 15) is 14.4 Å². The first-order valence-corrected chi connectivity index (χ1v) is 19.4. The van der Waals surface area contributed by atoms with E-state index < -0.39 is 34.1 Å². The predicted octanol–water partition coefficient (Wildman–Crippen LogP) is 6.59. The van der Waals surface area contributed by atoms with Crippen LogP contribution in [0.4, 0.5) is 8.78 Å². The number of pyridine rings is 2. The molecule has 14 heteroatoms. The van der Waals surface area contributed by atoms with Crippen LogP contribution >= 0.6 is 0 Å². The Labute approximate surface area is 326 Å². The average molecular weight is 773 g/mol. The number of aromatic amines is 1. The van der Waals surface area contributed by atoms with Gasteiger partial charge in [0.2, 0.25) is 17.7 Å². The summed E-state index contributed by atoms with van der Waals surface area (Å²) in [6.07, 6.45) is 7.02. The van der Waals surface area contributed by atoms with Gasteiger partial charge in [0, 0.05) is 47.6 Å². The van der Waals surface area contributed by atoms with Gasteiger partial charge >= 0.3 is 0 Å². The van der Waals surface area contributed by atoms with E-state index in [0.717, 1.165) is 12.0 Å². The number of aryl methyl sites for hydroxylation is 1. The molecule has 12 nitrogen and oxygen atoms in total. The highest BCUT2D eigenvalue weighted by Crippen LogP contribution is 2.47. The molecule has 2 amide bonds. The normalized spacial score (nSPS) is 23.7. The summed E-state index contributed by atoms with van der Waals surface area (Å²) in [5.74, 6) is -1.27. The van der Waals surface area contributed by atoms with E-state index in [4.69, 9.17) is 14.8 Å². The molecule has 9 rings (SSSR count). The topological polar surface area (TPSA) is 149 Å². The summed E-state index contributed by atoms with van der Waals surface area (Å²) < 4.78 is 41.1. The molecule has 0 aliphatic carbocycles. The number of carbonyl (C=O) groups excluding carboxylic acids is 2. The van der Waals surface area contributed by atoms with Crippen molar-refractivity contribution in [2.45, 2.75) is 76.8 Å². The fourth-order valence-corrected chi connectivity index (χ4v) is 9.10. The summed E-state index contributed by atoms with van der Waals surface area (Å²) in [5, 5.41) is 15.6. The van der Waals surface area contributed by atoms with Crippen LogP contribution in [0.5, 0.6) is 5.88 Å². The number of halogens is 2. The Kier molecular flexibility index (Phi) is 8.63. The van der Waals surface area contributed by atoms with E-state index in [0.29, 0.717) is 94.3 Å². The van der Waals surface area contributed by atoms with Crippen molar-refractivity contribution in [2.24, 2.45) is 5.92 Å². The van der Waals surface area contributed by atoms with Crippen LogP contribution in [0.15, 0.2) is 77.6 Å². The molecule has 0 spiro atoms. The SMILES string of the molecule is CCn1ncc2c(F)cc(-c3ccc4c(n3)OC=C(C)C(n3ncc5c(F)cc(-c6ccc(C7(C)CCCNC7=O)c(=O)[nH]6)cc53)CC3CCNC(=O)C43C)cc21. The predicted molar refractivity (Wildman–Crippen MR) is 210 cm³/mol. The van der Waals surface area contributed by atoms with Crippen LogP contribution in [0.1, 0.15) is 70.5 Å². The average Bonchev–Trinajstić information content (AvgIpc) is 3.84. The molecule has 2 saturated heterocycles. The van der Waals surface area contributed by atoms with Gasteiger partial charge in [-0.15, -0.1) is 0 Å². The second-order valence-electron chi connectivity index (χ2n) is 15.9. The number of carbonyl (C=O) groups is 2. The molecule has 3 aliphatic rings. The fraction of sp³-hybridized carbons (Fsp3) is 0.349. The number of rotatable bonds is 5. The van der Waals surface area contributed by atoms with Crippen LogP contribution in [0.3, 0.4) is 0 Å². The number of piperidine rings is 2. The lowest BCUT2D eigenvalue weighted by Gasteiger charge is -2.42. The van der Waals surface area contributed by atoms with Crippen LogP contribution in [-0.4, -0.2) is 54.4 Å². The molecule has 2 fully saturated rings. The Balaban J connectivity index is 1.12. The first-order valence-electron chi connectivity index (χ1n) is 19.4. The molecule has 7 heterocycles. The van der Waals surface area contributed by atoms with Crippen LogP contribution < -0.4 is 20.9 Å². The molecule has 0 bridgehead atoms. The van der Waals surface area contributed by atoms with Gasteiger partial charge in [-0.1, -0.05) is 12.1 Å². The molecule has 4 unspecified atom stereocenters. The van der Waals surface area contributed by atoms with Crippen LogP contribution in [0.25, 0.3) is 44.3 Å². The zero-order chi connectivity index (χ0) is 39.8. The summed E-state index contributed by atoms with van der Waals surface area (Å²) >= 11 is 0. The van der Waals surface area contributed by atoms with E-state index in [1.54, 1.807) is 46.8 Å². The minimum absolute atomic E-state index is 0.165. The summed E-state index contributed by atoms with van der Waals surface area (Å²) in [6, 6.07) is 13.0. The minimum Gasteiger partial charge on any atom is -0.446 e. The molecule has 3 N–H and O–H groups in total. The van der Waals surface area contributed by atoms with Crippen molar-refractivity contribution in [3.8, 4) is 28.4 Å². The van der Waals surface area contributed by atoms with Crippen molar-refractivity contribution in [1.29, 1.82) is 0 Å². The summed E-state index contributed by atoms with van der Waals surface area (Å²) in [7, 11) is 0. The molecular weight excluding hydrogens is 731 g/mol. The highest BCUT2D eigenvalue weighted by atomic mass is 19.1. The third-order valence-corrected chi connectivity index (χ3v) is 12.6. The third-order valence-electron chi connectivity index (χ3n) is 12.6. The number of fused-ring (bicyclic) bond motifs is 5. The summed E-state index contributed by atoms with van der Waals surface area (Å²) in [5.41, 5.74) is 2.27. The molecular formula is C43H42F2N8O4. The lowest BCUT2D eigenvalue weighted by molar-refractivity contribution is -0.131. The number of allylic oxidation sites excluding steroid dienone is 1. The fourth-order valence-electron chi connectivity index (χ4n) is 9.10. The first kappa shape index (κ1) is 36.5. The molecule has 3 aliphatic heterocycles. The lowest BCUT2D eigenvalue weighted by Crippen LogP contribution is -2.53. The van der Waals surface area contributed by atoms with Gasteiger partial charge in [-0.05, 0) is 101 Å². The summed E-state index contributed by atoms with van der Waals surface area (Å²) in [6.45, 7) is 9.13. The van der Waals surface area contributed by atoms with Gasteiger partial charge in [0.05, 0.1) is 63.0 Å². The van der Waals surface area contributed by atoms with Crippen LogP contribution in [-0.2, 0) is 27.0 Å². The molecule has 292 valence electrons. The van der Waals surface area contributed by atoms with Crippen LogP contribution in [0.2, 0.25) is 0 Å². The van der Waals surface area contributed by atoms with Gasteiger partial charge in [0.25, 0.3) is 5.56 Å². The monoisotopic (exact) mass is 772 g/mol. The quantitative estimate of drug-likeness (QED) is 0.179. The molecule has 57 heavy (non-hydrogen) atoms. The zero-order valence-corrected chi connectivity index (χ0v) is 32.1. The Morgan fingerprint density at radius 1 is 0.877 bits per heavy atom. The number of nitrogens with one attached hydrogen (secondary N) is 3. The molecule has 0 saturated carbocycles. The van der Waals surface area contributed by atoms with E-state index in [-0.39, 0.29) is 23.6 Å². The van der Waals surface area contributed by atoms with E-state index in [2.05, 4.69) is 20.7 Å². The Morgan fingerprint density at radius 2 is 1.60 bits per heavy atom. The van der Waals surface area contributed by atoms with E-state index >= 15 is 8.78 Å². The number of amides is 2. The highest BCUT2D eigenvalue weighted by Gasteiger charge is 2.49. The molecule has 4 atom stereocenters. The largest absolute Gasteiger partial charge is 0.446 e. The Bertz CT molecular complexity index is 2730. The second kappa shape index (κ2) is 13.5. The number of aromatic nitrogens is 6. The van der Waals surface area contributed by atoms with Gasteiger partial charge in [-0.3, -0.25) is 23.7 Å². The number of hydrogen-bond donors (Lipinski definition) is 3. The standard InChI is InChI=1S/C43H42F2N8O4/c1-5-52-36-17-24(15-31(44)27(36)20-48-52)34-10-8-30-39(51-34)57-22-23(2)35(19-26-11-14-47-41(56)43(26,30)4)53-37-18-25(16-32(45)28(37)21-49-53)33-9-7-29(38(54)50-33)42(3)12-6-13-46-40(42)55/h7-10,15-18,20-22,26,35H,5-6,11-14,19H2,1-4H3,(H,46,55)(H,47,56)(H,50,54). The maximum atomic E-state index is 15.9. The zero-order valence-electron chi connectivity index (χ0n) is 32.1. The van der Waals surface area contributed by atoms with Crippen molar-refractivity contribution in [3.05, 3.63) is 106 Å². The number of benzene rings is 2. The molecule has 2 aromatic carbocycles. The van der Waals surface area contributed by atoms with Gasteiger partial charge in [-0.2, -0.15) is 10.2 Å². The van der Waals surface area contributed by atoms with Gasteiger partial charge < -0.3 is 20.4 Å². The lowest BCUT2D eigenvalue weighted by atomic mass is 9.65. The van der Waals surface area contributed by atoms with E-state index in [1.807, 2.05) is 32.9 Å². The molecule has 0 radical (unpaired) electrons. The number of nitrogens with zero attached hydrogens (tertiary/aromatic N) is 5. The smallest absolute Gasteiger partial charge is 0.252 e. The van der Waals surface area contributed by atoms with Crippen molar-refractivity contribution < 1.29 is 23.1 Å². The maximum absolute atomic E-state index is 15.9. The maximum Gasteiger partial charge on any atom is 0.252 e. The summed E-state index contributed by atoms with van der Waals surface area (Å²) in [4.78, 5) is 48.1. The number of ether oxygens (including phenoxy) is 1. The molecule has 6 aromatic rings. The minimum atomic E-state index is -1.07. The van der Waals surface area contributed by atoms with Crippen molar-refractivity contribution >= 4 is 33.6 Å². The van der Waals surface area contributed by atoms with Gasteiger partial charge in [0.1, 0.15) is 11.6 Å². The Morgan fingerprint density at radius 3 is 2.37 bits per heavy atom. The van der Waals surface area contributed by atoms with Crippen molar-refractivity contribution in [2.75, 3.05) is 13.1 Å². The second-order valence-corrected chi connectivity index (χ2v) is 15.9. The van der Waals surface area contributed by atoms with E-state index in [1.165, 1.54) is 24.5 Å². The number of hydrogen-bond acceptors (Lipinski definition) is 7. The van der Waals surface area contributed by atoms with Crippen molar-refractivity contribution in [1.82, 2.24) is 40.2 Å². The number of H-pyrrole nitrogens is 1.